The third-order valence-corrected chi connectivity index (χ3v) is 3.89. The fraction of sp³-hybridized carbons (Fsp3) is 0.364. The predicted octanol–water partition coefficient (Wildman–Crippen LogP) is 1.31. The number of methoxy groups -OCH3 is 2. The van der Waals surface area contributed by atoms with Gasteiger partial charge in [-0.1, -0.05) is 0 Å². The van der Waals surface area contributed by atoms with E-state index in [9.17, 15) is 8.42 Å². The van der Waals surface area contributed by atoms with Crippen molar-refractivity contribution in [2.24, 2.45) is 0 Å². The van der Waals surface area contributed by atoms with Crippen molar-refractivity contribution in [1.82, 2.24) is 0 Å². The largest absolute Gasteiger partial charge is 0.497 e. The topological polar surface area (TPSA) is 76.4 Å². The SMILES string of the molecule is COc1cc(C)c(S(=O)(=O)CC#N)c(OC)c1. The van der Waals surface area contributed by atoms with Gasteiger partial charge in [-0.3, -0.25) is 0 Å². The van der Waals surface area contributed by atoms with Gasteiger partial charge in [-0.2, -0.15) is 5.26 Å². The van der Waals surface area contributed by atoms with Gasteiger partial charge in [0, 0.05) is 6.07 Å². The summed E-state index contributed by atoms with van der Waals surface area (Å²) in [5.41, 5.74) is 0.497. The van der Waals surface area contributed by atoms with Crippen LogP contribution in [0.4, 0.5) is 0 Å². The number of nitriles is 1. The molecular formula is C11H13NO4S. The number of benzene rings is 1. The minimum Gasteiger partial charge on any atom is -0.497 e. The molecule has 0 amide bonds. The Balaban J connectivity index is 3.49. The zero-order valence-electron chi connectivity index (χ0n) is 9.85. The lowest BCUT2D eigenvalue weighted by atomic mass is 10.2. The molecule has 0 aliphatic carbocycles. The maximum atomic E-state index is 11.9. The normalized spacial score (nSPS) is 10.7. The molecule has 1 aromatic rings. The van der Waals surface area contributed by atoms with Gasteiger partial charge in [0.25, 0.3) is 0 Å². The number of hydrogen-bond acceptors (Lipinski definition) is 5. The predicted molar refractivity (Wildman–Crippen MR) is 61.9 cm³/mol. The van der Waals surface area contributed by atoms with E-state index in [1.54, 1.807) is 19.1 Å². The molecule has 0 heterocycles. The van der Waals surface area contributed by atoms with Gasteiger partial charge in [-0.15, -0.1) is 0 Å². The first-order valence-corrected chi connectivity index (χ1v) is 6.44. The van der Waals surface area contributed by atoms with Gasteiger partial charge in [-0.05, 0) is 18.6 Å². The third-order valence-electron chi connectivity index (χ3n) is 2.24. The van der Waals surface area contributed by atoms with Crippen molar-refractivity contribution in [2.75, 3.05) is 20.0 Å². The maximum absolute atomic E-state index is 11.9. The first-order chi connectivity index (χ1) is 7.96. The molecule has 17 heavy (non-hydrogen) atoms. The van der Waals surface area contributed by atoms with E-state index >= 15 is 0 Å². The molecule has 0 unspecified atom stereocenters. The zero-order valence-corrected chi connectivity index (χ0v) is 10.7. The monoisotopic (exact) mass is 255 g/mol. The van der Waals surface area contributed by atoms with Gasteiger partial charge < -0.3 is 9.47 Å². The van der Waals surface area contributed by atoms with Crippen molar-refractivity contribution in [2.45, 2.75) is 11.8 Å². The van der Waals surface area contributed by atoms with E-state index in [0.29, 0.717) is 11.3 Å². The Morgan fingerprint density at radius 3 is 2.41 bits per heavy atom. The maximum Gasteiger partial charge on any atom is 0.195 e. The van der Waals surface area contributed by atoms with Crippen LogP contribution in [0.3, 0.4) is 0 Å². The third kappa shape index (κ3) is 2.68. The average molecular weight is 255 g/mol. The molecule has 1 aromatic carbocycles. The van der Waals surface area contributed by atoms with Crippen LogP contribution in [0.1, 0.15) is 5.56 Å². The summed E-state index contributed by atoms with van der Waals surface area (Å²) < 4.78 is 33.8. The standard InChI is InChI=1S/C11H13NO4S/c1-8-6-9(15-2)7-10(16-3)11(8)17(13,14)5-4-12/h6-7H,5H2,1-3H3. The number of rotatable bonds is 4. The van der Waals surface area contributed by atoms with Crippen molar-refractivity contribution in [3.63, 3.8) is 0 Å². The summed E-state index contributed by atoms with van der Waals surface area (Å²) in [7, 11) is -0.792. The Labute approximate surface area is 101 Å². The molecule has 0 aliphatic heterocycles. The molecule has 0 spiro atoms. The van der Waals surface area contributed by atoms with Crippen molar-refractivity contribution in [3.8, 4) is 17.6 Å². The highest BCUT2D eigenvalue weighted by Crippen LogP contribution is 2.32. The minimum atomic E-state index is -3.65. The number of ether oxygens (including phenoxy) is 2. The summed E-state index contributed by atoms with van der Waals surface area (Å²) >= 11 is 0. The molecule has 6 heteroatoms. The molecule has 0 radical (unpaired) electrons. The van der Waals surface area contributed by atoms with E-state index in [4.69, 9.17) is 14.7 Å². The van der Waals surface area contributed by atoms with Gasteiger partial charge in [0.2, 0.25) is 0 Å². The highest BCUT2D eigenvalue weighted by Gasteiger charge is 2.23. The van der Waals surface area contributed by atoms with Crippen molar-refractivity contribution in [1.29, 1.82) is 5.26 Å². The lowest BCUT2D eigenvalue weighted by Gasteiger charge is -2.12. The molecule has 0 saturated carbocycles. The molecule has 0 saturated heterocycles. The Bertz CT molecular complexity index is 558. The van der Waals surface area contributed by atoms with Gasteiger partial charge >= 0.3 is 0 Å². The summed E-state index contributed by atoms with van der Waals surface area (Å²) in [5, 5.41) is 8.52. The zero-order chi connectivity index (χ0) is 13.1. The first-order valence-electron chi connectivity index (χ1n) is 4.78. The summed E-state index contributed by atoms with van der Waals surface area (Å²) in [5.74, 6) is 0.128. The summed E-state index contributed by atoms with van der Waals surface area (Å²) in [6.45, 7) is 1.63. The smallest absolute Gasteiger partial charge is 0.195 e. The van der Waals surface area contributed by atoms with Gasteiger partial charge in [0.1, 0.15) is 22.1 Å². The number of sulfone groups is 1. The second kappa shape index (κ2) is 5.06. The second-order valence-corrected chi connectivity index (χ2v) is 5.32. The Morgan fingerprint density at radius 1 is 1.29 bits per heavy atom. The molecule has 0 atom stereocenters. The van der Waals surface area contributed by atoms with Gasteiger partial charge in [0.05, 0.1) is 20.3 Å². The summed E-state index contributed by atoms with van der Waals surface area (Å²) in [6.07, 6.45) is 0. The molecule has 0 aliphatic rings. The Morgan fingerprint density at radius 2 is 1.94 bits per heavy atom. The molecule has 0 N–H and O–H groups in total. The van der Waals surface area contributed by atoms with Crippen molar-refractivity contribution in [3.05, 3.63) is 17.7 Å². The summed E-state index contributed by atoms with van der Waals surface area (Å²) in [4.78, 5) is 0.0438. The van der Waals surface area contributed by atoms with Crippen molar-refractivity contribution < 1.29 is 17.9 Å². The Hall–Kier alpha value is -1.74. The van der Waals surface area contributed by atoms with E-state index in [-0.39, 0.29) is 10.6 Å². The van der Waals surface area contributed by atoms with Crippen LogP contribution < -0.4 is 9.47 Å². The first kappa shape index (κ1) is 13.3. The van der Waals surface area contributed by atoms with Crippen LogP contribution in [0.25, 0.3) is 0 Å². The van der Waals surface area contributed by atoms with Crippen LogP contribution in [0.2, 0.25) is 0 Å². The number of nitrogens with zero attached hydrogens (tertiary/aromatic N) is 1. The van der Waals surface area contributed by atoms with Crippen LogP contribution in [0.15, 0.2) is 17.0 Å². The lowest BCUT2D eigenvalue weighted by Crippen LogP contribution is -2.09. The van der Waals surface area contributed by atoms with Crippen LogP contribution in [-0.2, 0) is 9.84 Å². The Kier molecular flexibility index (Phi) is 3.97. The lowest BCUT2D eigenvalue weighted by molar-refractivity contribution is 0.385. The van der Waals surface area contributed by atoms with Crippen LogP contribution >= 0.6 is 0 Å². The molecular weight excluding hydrogens is 242 g/mol. The highest BCUT2D eigenvalue weighted by molar-refractivity contribution is 7.91. The number of hydrogen-bond donors (Lipinski definition) is 0. The molecule has 92 valence electrons. The average Bonchev–Trinajstić information content (AvgIpc) is 2.27. The second-order valence-electron chi connectivity index (χ2n) is 3.39. The number of aryl methyl sites for hydroxylation is 1. The minimum absolute atomic E-state index is 0.0438. The van der Waals surface area contributed by atoms with E-state index < -0.39 is 15.6 Å². The van der Waals surface area contributed by atoms with Crippen LogP contribution in [0, 0.1) is 18.3 Å². The van der Waals surface area contributed by atoms with Crippen LogP contribution in [-0.4, -0.2) is 28.4 Å². The van der Waals surface area contributed by atoms with E-state index in [0.717, 1.165) is 0 Å². The van der Waals surface area contributed by atoms with E-state index in [1.807, 2.05) is 0 Å². The highest BCUT2D eigenvalue weighted by atomic mass is 32.2. The van der Waals surface area contributed by atoms with Crippen LogP contribution in [0.5, 0.6) is 11.5 Å². The molecule has 5 nitrogen and oxygen atoms in total. The molecule has 1 rings (SSSR count). The molecule has 0 bridgehead atoms. The summed E-state index contributed by atoms with van der Waals surface area (Å²) in [6, 6.07) is 4.71. The molecule has 0 fully saturated rings. The fourth-order valence-corrected chi connectivity index (χ4v) is 2.85. The van der Waals surface area contributed by atoms with Gasteiger partial charge in [0.15, 0.2) is 9.84 Å². The molecule has 0 aromatic heterocycles. The quantitative estimate of drug-likeness (QED) is 0.810. The van der Waals surface area contributed by atoms with Gasteiger partial charge in [-0.25, -0.2) is 8.42 Å². The van der Waals surface area contributed by atoms with E-state index in [1.165, 1.54) is 20.3 Å². The van der Waals surface area contributed by atoms with Crippen molar-refractivity contribution >= 4 is 9.84 Å². The van der Waals surface area contributed by atoms with E-state index in [2.05, 4.69) is 0 Å². The fourth-order valence-electron chi connectivity index (χ4n) is 1.53.